The molecular weight excluding hydrogens is 346 g/mol. The second-order valence-electron chi connectivity index (χ2n) is 7.47. The van der Waals surface area contributed by atoms with E-state index in [0.717, 1.165) is 28.6 Å². The number of hydrogen-bond donors (Lipinski definition) is 1. The molecule has 26 heavy (non-hydrogen) atoms. The van der Waals surface area contributed by atoms with Crippen LogP contribution in [0.5, 0.6) is 5.75 Å². The molecule has 2 heterocycles. The van der Waals surface area contributed by atoms with Gasteiger partial charge in [0.25, 0.3) is 0 Å². The fourth-order valence-electron chi connectivity index (χ4n) is 3.19. The summed E-state index contributed by atoms with van der Waals surface area (Å²) in [7, 11) is 0. The lowest BCUT2D eigenvalue weighted by Gasteiger charge is -2.23. The van der Waals surface area contributed by atoms with Crippen LogP contribution < -0.4 is 10.5 Å². The summed E-state index contributed by atoms with van der Waals surface area (Å²) in [6.07, 6.45) is 2.66. The molecule has 2 N–H and O–H groups in total. The number of halogens is 1. The van der Waals surface area contributed by atoms with Crippen molar-refractivity contribution in [2.45, 2.75) is 32.7 Å². The lowest BCUT2D eigenvalue weighted by atomic mass is 9.93. The van der Waals surface area contributed by atoms with E-state index < -0.39 is 0 Å². The molecule has 1 atom stereocenters. The number of fused-ring (bicyclic) bond motifs is 1. The van der Waals surface area contributed by atoms with Gasteiger partial charge in [-0.2, -0.15) is 0 Å². The number of hydrogen-bond acceptors (Lipinski definition) is 4. The number of rotatable bonds is 6. The number of nitrogens with two attached hydrogens (primary N) is 1. The van der Waals surface area contributed by atoms with Crippen LogP contribution in [-0.4, -0.2) is 22.1 Å². The predicted molar refractivity (Wildman–Crippen MR) is 108 cm³/mol. The van der Waals surface area contributed by atoms with Crippen molar-refractivity contribution in [3.05, 3.63) is 53.8 Å². The van der Waals surface area contributed by atoms with Gasteiger partial charge in [-0.3, -0.25) is 4.98 Å². The average molecular weight is 370 g/mol. The molecule has 1 aromatic carbocycles. The Kier molecular flexibility index (Phi) is 5.44. The van der Waals surface area contributed by atoms with E-state index in [2.05, 4.69) is 16.9 Å². The minimum absolute atomic E-state index is 0.211. The molecule has 3 aromatic rings. The van der Waals surface area contributed by atoms with E-state index in [1.54, 1.807) is 6.20 Å². The van der Waals surface area contributed by atoms with Crippen LogP contribution in [0.25, 0.3) is 22.2 Å². The highest BCUT2D eigenvalue weighted by molar-refractivity contribution is 6.31. The summed E-state index contributed by atoms with van der Waals surface area (Å²) in [6.45, 7) is 6.71. The molecule has 0 amide bonds. The van der Waals surface area contributed by atoms with Crippen molar-refractivity contribution in [1.82, 2.24) is 9.97 Å². The predicted octanol–water partition coefficient (Wildman–Crippen LogP) is 5.09. The first-order valence-corrected chi connectivity index (χ1v) is 9.13. The molecule has 0 saturated carbocycles. The minimum atomic E-state index is -0.211. The zero-order valence-corrected chi connectivity index (χ0v) is 16.1. The molecule has 136 valence electrons. The molecule has 0 spiro atoms. The summed E-state index contributed by atoms with van der Waals surface area (Å²) in [5.41, 5.74) is 8.59. The van der Waals surface area contributed by atoms with E-state index in [9.17, 15) is 0 Å². The zero-order chi connectivity index (χ0) is 18.7. The van der Waals surface area contributed by atoms with Gasteiger partial charge in [-0.05, 0) is 50.5 Å². The maximum Gasteiger partial charge on any atom is 0.171 e. The summed E-state index contributed by atoms with van der Waals surface area (Å²) in [4.78, 5) is 8.92. The van der Waals surface area contributed by atoms with E-state index in [1.807, 2.05) is 56.3 Å². The van der Waals surface area contributed by atoms with Crippen molar-refractivity contribution < 1.29 is 4.74 Å². The molecule has 2 aromatic heterocycles. The average Bonchev–Trinajstić information content (AvgIpc) is 2.58. The highest BCUT2D eigenvalue weighted by Crippen LogP contribution is 2.31. The zero-order valence-electron chi connectivity index (χ0n) is 15.4. The quantitative estimate of drug-likeness (QED) is 0.614. The molecule has 0 saturated heterocycles. The third kappa shape index (κ3) is 4.51. The van der Waals surface area contributed by atoms with Gasteiger partial charge in [0.2, 0.25) is 0 Å². The second-order valence-corrected chi connectivity index (χ2v) is 7.83. The third-order valence-corrected chi connectivity index (χ3v) is 4.41. The summed E-state index contributed by atoms with van der Waals surface area (Å²) in [6, 6.07) is 13.7. The number of benzene rings is 1. The van der Waals surface area contributed by atoms with Gasteiger partial charge in [0.15, 0.2) is 10.9 Å². The fourth-order valence-corrected chi connectivity index (χ4v) is 3.40. The lowest BCUT2D eigenvalue weighted by molar-refractivity contribution is 0.229. The van der Waals surface area contributed by atoms with Crippen molar-refractivity contribution in [3.63, 3.8) is 0 Å². The van der Waals surface area contributed by atoms with Crippen molar-refractivity contribution in [1.29, 1.82) is 0 Å². The Balaban J connectivity index is 1.79. The SMILES string of the molecule is CC(COc1ccc(-c2ccnc3ccccc23)nc1Cl)CC(C)(C)N. The molecule has 0 aliphatic rings. The standard InChI is InChI=1S/C21H24ClN3O/c1-14(12-21(2,3)23)13-26-19-9-8-18(25-20(19)22)16-10-11-24-17-7-5-4-6-15(16)17/h4-11,14H,12-13,23H2,1-3H3. The lowest BCUT2D eigenvalue weighted by Crippen LogP contribution is -2.35. The normalized spacial score (nSPS) is 13.0. The van der Waals surface area contributed by atoms with Crippen molar-refractivity contribution in [2.24, 2.45) is 11.7 Å². The van der Waals surface area contributed by atoms with Crippen LogP contribution in [0.3, 0.4) is 0 Å². The fraction of sp³-hybridized carbons (Fsp3) is 0.333. The molecule has 0 aliphatic heterocycles. The van der Waals surface area contributed by atoms with Gasteiger partial charge < -0.3 is 10.5 Å². The maximum atomic E-state index is 6.37. The Hall–Kier alpha value is -2.17. The number of ether oxygens (including phenoxy) is 1. The molecule has 4 nitrogen and oxygen atoms in total. The summed E-state index contributed by atoms with van der Waals surface area (Å²) in [5.74, 6) is 0.922. The Morgan fingerprint density at radius 2 is 1.92 bits per heavy atom. The Morgan fingerprint density at radius 3 is 2.65 bits per heavy atom. The molecule has 0 radical (unpaired) electrons. The van der Waals surface area contributed by atoms with Gasteiger partial charge in [0.05, 0.1) is 17.8 Å². The van der Waals surface area contributed by atoms with Gasteiger partial charge in [-0.1, -0.05) is 36.7 Å². The number of para-hydroxylation sites is 1. The summed E-state index contributed by atoms with van der Waals surface area (Å²) < 4.78 is 5.86. The number of pyridine rings is 2. The third-order valence-electron chi connectivity index (χ3n) is 4.14. The molecular formula is C21H24ClN3O. The Labute approximate surface area is 159 Å². The molecule has 3 rings (SSSR count). The number of nitrogens with zero attached hydrogens (tertiary/aromatic N) is 2. The molecule has 0 fully saturated rings. The largest absolute Gasteiger partial charge is 0.490 e. The van der Waals surface area contributed by atoms with E-state index in [0.29, 0.717) is 23.4 Å². The van der Waals surface area contributed by atoms with Crippen LogP contribution >= 0.6 is 11.6 Å². The van der Waals surface area contributed by atoms with Gasteiger partial charge >= 0.3 is 0 Å². The smallest absolute Gasteiger partial charge is 0.171 e. The molecule has 5 heteroatoms. The molecule has 0 bridgehead atoms. The Bertz CT molecular complexity index is 900. The van der Waals surface area contributed by atoms with Crippen LogP contribution in [0.1, 0.15) is 27.2 Å². The summed E-state index contributed by atoms with van der Waals surface area (Å²) in [5, 5.41) is 1.41. The van der Waals surface area contributed by atoms with Crippen LogP contribution in [0.2, 0.25) is 5.15 Å². The monoisotopic (exact) mass is 369 g/mol. The van der Waals surface area contributed by atoms with E-state index in [4.69, 9.17) is 22.1 Å². The van der Waals surface area contributed by atoms with Crippen LogP contribution in [-0.2, 0) is 0 Å². The van der Waals surface area contributed by atoms with Gasteiger partial charge in [0.1, 0.15) is 0 Å². The molecule has 0 aliphatic carbocycles. The minimum Gasteiger partial charge on any atom is -0.490 e. The van der Waals surface area contributed by atoms with Gasteiger partial charge in [-0.25, -0.2) is 4.98 Å². The van der Waals surface area contributed by atoms with E-state index in [1.165, 1.54) is 0 Å². The Morgan fingerprint density at radius 1 is 1.15 bits per heavy atom. The van der Waals surface area contributed by atoms with Gasteiger partial charge in [0, 0.05) is 22.7 Å². The molecule has 1 unspecified atom stereocenters. The topological polar surface area (TPSA) is 61.0 Å². The van der Waals surface area contributed by atoms with E-state index >= 15 is 0 Å². The highest BCUT2D eigenvalue weighted by atomic mass is 35.5. The first-order chi connectivity index (χ1) is 12.3. The van der Waals surface area contributed by atoms with Crippen molar-refractivity contribution in [3.8, 4) is 17.0 Å². The van der Waals surface area contributed by atoms with Crippen LogP contribution in [0.4, 0.5) is 0 Å². The van der Waals surface area contributed by atoms with Crippen LogP contribution in [0, 0.1) is 5.92 Å². The summed E-state index contributed by atoms with van der Waals surface area (Å²) >= 11 is 6.37. The number of aromatic nitrogens is 2. The maximum absolute atomic E-state index is 6.37. The first kappa shape index (κ1) is 18.6. The van der Waals surface area contributed by atoms with Crippen molar-refractivity contribution in [2.75, 3.05) is 6.61 Å². The highest BCUT2D eigenvalue weighted by Gasteiger charge is 2.17. The van der Waals surface area contributed by atoms with Gasteiger partial charge in [-0.15, -0.1) is 0 Å². The van der Waals surface area contributed by atoms with Crippen molar-refractivity contribution >= 4 is 22.5 Å². The first-order valence-electron chi connectivity index (χ1n) is 8.76. The van der Waals surface area contributed by atoms with E-state index in [-0.39, 0.29) is 5.54 Å². The van der Waals surface area contributed by atoms with Crippen LogP contribution in [0.15, 0.2) is 48.7 Å². The second kappa shape index (κ2) is 7.60.